The van der Waals surface area contributed by atoms with Crippen molar-refractivity contribution in [1.29, 1.82) is 0 Å². The molecule has 6 nitrogen and oxygen atoms in total. The van der Waals surface area contributed by atoms with Crippen molar-refractivity contribution in [3.05, 3.63) is 17.8 Å². The number of thiophene rings is 1. The smallest absolute Gasteiger partial charge is 0.222 e. The maximum absolute atomic E-state index is 12.1. The van der Waals surface area contributed by atoms with Crippen molar-refractivity contribution < 1.29 is 4.79 Å². The van der Waals surface area contributed by atoms with Crippen LogP contribution in [0.2, 0.25) is 0 Å². The minimum absolute atomic E-state index is 0. The lowest BCUT2D eigenvalue weighted by molar-refractivity contribution is -0.131. The van der Waals surface area contributed by atoms with Crippen molar-refractivity contribution in [3.8, 4) is 0 Å². The van der Waals surface area contributed by atoms with Gasteiger partial charge >= 0.3 is 0 Å². The molecule has 2 aromatic rings. The summed E-state index contributed by atoms with van der Waals surface area (Å²) >= 11 is 1.66. The minimum atomic E-state index is 0. The molecule has 1 saturated heterocycles. The molecule has 1 unspecified atom stereocenters. The Morgan fingerprint density at radius 2 is 2.00 bits per heavy atom. The van der Waals surface area contributed by atoms with Gasteiger partial charge in [0.25, 0.3) is 0 Å². The summed E-state index contributed by atoms with van der Waals surface area (Å²) in [6.45, 7) is 5.05. The van der Waals surface area contributed by atoms with E-state index in [0.29, 0.717) is 6.42 Å². The molecule has 3 rings (SSSR count). The van der Waals surface area contributed by atoms with Gasteiger partial charge in [-0.3, -0.25) is 4.79 Å². The summed E-state index contributed by atoms with van der Waals surface area (Å²) in [5, 5.41) is 2.04. The zero-order valence-electron chi connectivity index (χ0n) is 13.6. The summed E-state index contributed by atoms with van der Waals surface area (Å²) in [5.41, 5.74) is 6.71. The Morgan fingerprint density at radius 1 is 1.29 bits per heavy atom. The number of hydrogen-bond donors (Lipinski definition) is 1. The average Bonchev–Trinajstić information content (AvgIpc) is 3.01. The maximum atomic E-state index is 12.1. The molecule has 3 heterocycles. The number of piperazine rings is 1. The lowest BCUT2D eigenvalue weighted by atomic mass is 10.1. The Kier molecular flexibility index (Phi) is 8.15. The highest BCUT2D eigenvalue weighted by Crippen LogP contribution is 2.28. The molecule has 0 bridgehead atoms. The van der Waals surface area contributed by atoms with E-state index in [4.69, 9.17) is 5.73 Å². The number of hydrogen-bond acceptors (Lipinski definition) is 6. The van der Waals surface area contributed by atoms with Crippen molar-refractivity contribution in [2.24, 2.45) is 5.73 Å². The fraction of sp³-hybridized carbons (Fsp3) is 0.533. The SMILES string of the molecule is CC(N)CCC(=O)N1CCN(c2ncnc3ccsc23)CC1.Cl.Cl. The van der Waals surface area contributed by atoms with E-state index in [9.17, 15) is 4.79 Å². The van der Waals surface area contributed by atoms with Crippen molar-refractivity contribution in [2.75, 3.05) is 31.1 Å². The Morgan fingerprint density at radius 3 is 2.67 bits per heavy atom. The van der Waals surface area contributed by atoms with Crippen LogP contribution in [0.1, 0.15) is 19.8 Å². The van der Waals surface area contributed by atoms with Crippen LogP contribution in [0.4, 0.5) is 5.82 Å². The molecular weight excluding hydrogens is 369 g/mol. The molecule has 0 aliphatic carbocycles. The second kappa shape index (κ2) is 9.36. The monoisotopic (exact) mass is 391 g/mol. The summed E-state index contributed by atoms with van der Waals surface area (Å²) in [4.78, 5) is 25.0. The highest BCUT2D eigenvalue weighted by Gasteiger charge is 2.23. The molecule has 0 aromatic carbocycles. The maximum Gasteiger partial charge on any atom is 0.222 e. The van der Waals surface area contributed by atoms with E-state index in [-0.39, 0.29) is 36.8 Å². The molecule has 9 heteroatoms. The van der Waals surface area contributed by atoms with Gasteiger partial charge in [-0.2, -0.15) is 0 Å². The number of anilines is 1. The predicted octanol–water partition coefficient (Wildman–Crippen LogP) is 2.31. The lowest BCUT2D eigenvalue weighted by Gasteiger charge is -2.35. The van der Waals surface area contributed by atoms with Crippen LogP contribution in [0, 0.1) is 0 Å². The topological polar surface area (TPSA) is 75.4 Å². The lowest BCUT2D eigenvalue weighted by Crippen LogP contribution is -2.49. The molecule has 0 radical (unpaired) electrons. The van der Waals surface area contributed by atoms with Crippen molar-refractivity contribution >= 4 is 58.1 Å². The highest BCUT2D eigenvalue weighted by molar-refractivity contribution is 7.17. The first-order chi connectivity index (χ1) is 10.6. The van der Waals surface area contributed by atoms with E-state index < -0.39 is 0 Å². The van der Waals surface area contributed by atoms with E-state index in [1.807, 2.05) is 23.3 Å². The van der Waals surface area contributed by atoms with Gasteiger partial charge in [0.2, 0.25) is 5.91 Å². The van der Waals surface area contributed by atoms with Crippen LogP contribution in [0.25, 0.3) is 10.2 Å². The average molecular weight is 392 g/mol. The Hall–Kier alpha value is -1.15. The van der Waals surface area contributed by atoms with Crippen LogP contribution in [-0.2, 0) is 4.79 Å². The van der Waals surface area contributed by atoms with E-state index >= 15 is 0 Å². The Balaban J connectivity index is 0.00000144. The van der Waals surface area contributed by atoms with Gasteiger partial charge in [-0.15, -0.1) is 36.2 Å². The first kappa shape index (κ1) is 20.9. The molecular formula is C15H23Cl2N5OS. The predicted molar refractivity (Wildman–Crippen MR) is 104 cm³/mol. The number of aromatic nitrogens is 2. The van der Waals surface area contributed by atoms with Gasteiger partial charge in [0, 0.05) is 38.6 Å². The molecule has 1 aliphatic heterocycles. The number of halogens is 2. The van der Waals surface area contributed by atoms with Gasteiger partial charge in [-0.05, 0) is 24.8 Å². The standard InChI is InChI=1S/C15H21N5OS.2ClH/c1-11(16)2-3-13(21)19-5-7-20(8-6-19)15-14-12(4-9-22-14)17-10-18-15;;/h4,9-11H,2-3,5-8,16H2,1H3;2*1H. The Labute approximate surface area is 158 Å². The number of amides is 1. The fourth-order valence-electron chi connectivity index (χ4n) is 2.68. The first-order valence-corrected chi connectivity index (χ1v) is 8.49. The molecule has 24 heavy (non-hydrogen) atoms. The van der Waals surface area contributed by atoms with Gasteiger partial charge in [-0.25, -0.2) is 9.97 Å². The van der Waals surface area contributed by atoms with E-state index in [0.717, 1.165) is 48.6 Å². The van der Waals surface area contributed by atoms with E-state index in [1.165, 1.54) is 0 Å². The van der Waals surface area contributed by atoms with Crippen LogP contribution in [0.5, 0.6) is 0 Å². The zero-order chi connectivity index (χ0) is 15.5. The molecule has 0 spiro atoms. The van der Waals surface area contributed by atoms with Gasteiger partial charge in [0.05, 0.1) is 10.2 Å². The molecule has 2 N–H and O–H groups in total. The number of rotatable bonds is 4. The molecule has 1 atom stereocenters. The van der Waals surface area contributed by atoms with Gasteiger partial charge in [-0.1, -0.05) is 0 Å². The van der Waals surface area contributed by atoms with E-state index in [2.05, 4.69) is 14.9 Å². The van der Waals surface area contributed by atoms with Crippen LogP contribution >= 0.6 is 36.2 Å². The summed E-state index contributed by atoms with van der Waals surface area (Å²) in [5.74, 6) is 1.20. The first-order valence-electron chi connectivity index (χ1n) is 7.61. The number of carbonyl (C=O) groups is 1. The molecule has 1 fully saturated rings. The molecule has 1 aliphatic rings. The third-order valence-corrected chi connectivity index (χ3v) is 4.87. The second-order valence-corrected chi connectivity index (χ2v) is 6.63. The van der Waals surface area contributed by atoms with Crippen molar-refractivity contribution in [1.82, 2.24) is 14.9 Å². The highest BCUT2D eigenvalue weighted by atomic mass is 35.5. The number of nitrogens with two attached hydrogens (primary N) is 1. The van der Waals surface area contributed by atoms with Crippen molar-refractivity contribution in [3.63, 3.8) is 0 Å². The molecule has 134 valence electrons. The minimum Gasteiger partial charge on any atom is -0.352 e. The largest absolute Gasteiger partial charge is 0.352 e. The van der Waals surface area contributed by atoms with Crippen LogP contribution in [0.15, 0.2) is 17.8 Å². The Bertz CT molecular complexity index is 658. The van der Waals surface area contributed by atoms with Gasteiger partial charge in [0.15, 0.2) is 0 Å². The van der Waals surface area contributed by atoms with Crippen LogP contribution < -0.4 is 10.6 Å². The van der Waals surface area contributed by atoms with Crippen molar-refractivity contribution in [2.45, 2.75) is 25.8 Å². The molecule has 1 amide bonds. The fourth-order valence-corrected chi connectivity index (χ4v) is 3.54. The van der Waals surface area contributed by atoms with Gasteiger partial charge < -0.3 is 15.5 Å². The van der Waals surface area contributed by atoms with Crippen LogP contribution in [-0.4, -0.2) is 53.0 Å². The molecule has 0 saturated carbocycles. The summed E-state index contributed by atoms with van der Waals surface area (Å²) in [6, 6.07) is 2.09. The van der Waals surface area contributed by atoms with Gasteiger partial charge in [0.1, 0.15) is 12.1 Å². The summed E-state index contributed by atoms with van der Waals surface area (Å²) in [7, 11) is 0. The number of nitrogens with zero attached hydrogens (tertiary/aromatic N) is 4. The second-order valence-electron chi connectivity index (χ2n) is 5.72. The summed E-state index contributed by atoms with van der Waals surface area (Å²) < 4.78 is 1.12. The third kappa shape index (κ3) is 4.69. The van der Waals surface area contributed by atoms with Crippen LogP contribution in [0.3, 0.4) is 0 Å². The molecule has 2 aromatic heterocycles. The normalized spacial score (nSPS) is 15.6. The zero-order valence-corrected chi connectivity index (χ0v) is 16.0. The quantitative estimate of drug-likeness (QED) is 0.864. The summed E-state index contributed by atoms with van der Waals surface area (Å²) in [6.07, 6.45) is 2.91. The third-order valence-electron chi connectivity index (χ3n) is 3.97. The number of carbonyl (C=O) groups excluding carboxylic acids is 1. The van der Waals surface area contributed by atoms with E-state index in [1.54, 1.807) is 17.7 Å². The number of fused-ring (bicyclic) bond motifs is 1.